The lowest BCUT2D eigenvalue weighted by molar-refractivity contribution is -0.134. The molecule has 0 saturated carbocycles. The van der Waals surface area contributed by atoms with Crippen molar-refractivity contribution in [3.8, 4) is 23.0 Å². The van der Waals surface area contributed by atoms with Crippen LogP contribution in [0.1, 0.15) is 74.7 Å². The molecule has 3 atom stereocenters. The number of amides is 5. The molecule has 5 aromatic rings. The standard InChI is InChI=1S/C49H55N7O13/c1-26(2)68-41-36(21-19-34(39(41)57)47(62)55-37-22-20-35(49(64)65)40(58)42(37)69-27(3)4)54-45(60)29-13-17-33(18-14-29)53-48(63)38(43(66-5)44(51)59)56-46(61)30-11-15-32(16-12-30)52-25-67-24-31(50)23-28-9-7-6-8-10-28/h6-22,26-27,31,38,43,52,57-58H,23-25,50H2,1-5H3,(H2,51,59)(H,53,63)(H,54,60)(H,55,62)(H,56,61)(H,64,65)/t31?,38-,43+/m0/s1. The van der Waals surface area contributed by atoms with Gasteiger partial charge in [0.1, 0.15) is 18.3 Å². The fraction of sp³-hybridized carbons (Fsp3) is 0.265. The molecule has 0 aliphatic heterocycles. The van der Waals surface area contributed by atoms with E-state index in [9.17, 15) is 44.1 Å². The number of carboxylic acid groups (broad SMARTS) is 1. The first kappa shape index (κ1) is 51.8. The van der Waals surface area contributed by atoms with Crippen LogP contribution in [-0.4, -0.2) is 102 Å². The van der Waals surface area contributed by atoms with Crippen molar-refractivity contribution in [1.82, 2.24) is 5.32 Å². The van der Waals surface area contributed by atoms with Crippen LogP contribution >= 0.6 is 0 Å². The van der Waals surface area contributed by atoms with Gasteiger partial charge in [-0.2, -0.15) is 0 Å². The molecule has 0 bridgehead atoms. The molecule has 0 aliphatic rings. The summed E-state index contributed by atoms with van der Waals surface area (Å²) >= 11 is 0. The maximum atomic E-state index is 13.6. The molecule has 20 heteroatoms. The Balaban J connectivity index is 1.23. The second kappa shape index (κ2) is 24.0. The molecule has 20 nitrogen and oxygen atoms in total. The third-order valence-corrected chi connectivity index (χ3v) is 9.96. The fourth-order valence-corrected chi connectivity index (χ4v) is 6.69. The lowest BCUT2D eigenvalue weighted by Gasteiger charge is -2.24. The van der Waals surface area contributed by atoms with Crippen molar-refractivity contribution in [2.75, 3.05) is 41.7 Å². The summed E-state index contributed by atoms with van der Waals surface area (Å²) in [5.74, 6) is -7.49. The molecule has 0 aromatic heterocycles. The number of methoxy groups -OCH3 is 1. The third kappa shape index (κ3) is 14.2. The molecule has 0 heterocycles. The van der Waals surface area contributed by atoms with Gasteiger partial charge in [0.25, 0.3) is 17.7 Å². The molecule has 5 rings (SSSR count). The Morgan fingerprint density at radius 2 is 1.16 bits per heavy atom. The van der Waals surface area contributed by atoms with Crippen molar-refractivity contribution in [3.05, 3.63) is 131 Å². The molecule has 5 aromatic carbocycles. The number of ether oxygens (including phenoxy) is 4. The molecule has 12 N–H and O–H groups in total. The molecular formula is C49H55N7O13. The van der Waals surface area contributed by atoms with Gasteiger partial charge >= 0.3 is 5.97 Å². The smallest absolute Gasteiger partial charge is 0.339 e. The molecule has 364 valence electrons. The number of rotatable bonds is 23. The molecule has 0 radical (unpaired) electrons. The van der Waals surface area contributed by atoms with Gasteiger partial charge in [-0.3, -0.25) is 24.0 Å². The van der Waals surface area contributed by atoms with Gasteiger partial charge in [0.05, 0.1) is 35.8 Å². The zero-order valence-corrected chi connectivity index (χ0v) is 38.4. The molecule has 5 amide bonds. The van der Waals surface area contributed by atoms with Crippen molar-refractivity contribution in [2.45, 2.75) is 64.5 Å². The highest BCUT2D eigenvalue weighted by Gasteiger charge is 2.35. The van der Waals surface area contributed by atoms with Crippen LogP contribution in [0.5, 0.6) is 23.0 Å². The van der Waals surface area contributed by atoms with Gasteiger partial charge in [-0.15, -0.1) is 0 Å². The van der Waals surface area contributed by atoms with Crippen molar-refractivity contribution < 1.29 is 63.0 Å². The number of nitrogens with two attached hydrogens (primary N) is 2. The number of aromatic hydroxyl groups is 2. The van der Waals surface area contributed by atoms with E-state index in [1.807, 2.05) is 30.3 Å². The van der Waals surface area contributed by atoms with Gasteiger partial charge in [-0.25, -0.2) is 4.79 Å². The number of hydrogen-bond donors (Lipinski definition) is 10. The Morgan fingerprint density at radius 1 is 0.638 bits per heavy atom. The first-order valence-corrected chi connectivity index (χ1v) is 21.5. The van der Waals surface area contributed by atoms with Gasteiger partial charge in [0, 0.05) is 35.7 Å². The summed E-state index contributed by atoms with van der Waals surface area (Å²) in [5.41, 5.74) is 13.0. The largest absolute Gasteiger partial charge is 0.504 e. The van der Waals surface area contributed by atoms with Gasteiger partial charge in [0.2, 0.25) is 11.8 Å². The molecule has 0 saturated heterocycles. The normalized spacial score (nSPS) is 12.3. The predicted molar refractivity (Wildman–Crippen MR) is 256 cm³/mol. The summed E-state index contributed by atoms with van der Waals surface area (Å²) < 4.78 is 22.3. The zero-order chi connectivity index (χ0) is 50.4. The van der Waals surface area contributed by atoms with Crippen LogP contribution < -0.4 is 47.5 Å². The topological polar surface area (TPSA) is 312 Å². The number of nitrogens with one attached hydrogen (secondary N) is 5. The SMILES string of the molecule is CO[C@@H](C(N)=O)[C@H](NC(=O)c1ccc(NCOCC(N)Cc2ccccc2)cc1)C(=O)Nc1ccc(C(=O)Nc2ccc(C(=O)Nc3ccc(C(=O)O)c(O)c3OC(C)C)c(O)c2OC(C)C)cc1. The van der Waals surface area contributed by atoms with E-state index in [4.69, 9.17) is 30.4 Å². The lowest BCUT2D eigenvalue weighted by atomic mass is 10.1. The van der Waals surface area contributed by atoms with Gasteiger partial charge in [-0.05, 0) is 112 Å². The van der Waals surface area contributed by atoms with E-state index in [1.54, 1.807) is 39.8 Å². The highest BCUT2D eigenvalue weighted by molar-refractivity contribution is 6.10. The van der Waals surface area contributed by atoms with Crippen LogP contribution in [0.2, 0.25) is 0 Å². The quantitative estimate of drug-likeness (QED) is 0.0302. The van der Waals surface area contributed by atoms with Crippen LogP contribution in [0.15, 0.2) is 103 Å². The Hall–Kier alpha value is -8.20. The minimum absolute atomic E-state index is 0.0154. The Bertz CT molecular complexity index is 2630. The molecule has 0 spiro atoms. The average molecular weight is 950 g/mol. The van der Waals surface area contributed by atoms with Crippen molar-refractivity contribution in [1.29, 1.82) is 0 Å². The maximum absolute atomic E-state index is 13.6. The Labute approximate surface area is 397 Å². The van der Waals surface area contributed by atoms with E-state index in [-0.39, 0.29) is 58.0 Å². The van der Waals surface area contributed by atoms with Gasteiger partial charge in [0.15, 0.2) is 29.1 Å². The molecular weight excluding hydrogens is 895 g/mol. The number of anilines is 4. The lowest BCUT2D eigenvalue weighted by Crippen LogP contribution is -2.56. The number of carbonyl (C=O) groups excluding carboxylic acids is 5. The van der Waals surface area contributed by atoms with Crippen LogP contribution in [0.25, 0.3) is 0 Å². The van der Waals surface area contributed by atoms with E-state index < -0.39 is 76.9 Å². The van der Waals surface area contributed by atoms with Crippen LogP contribution in [0.3, 0.4) is 0 Å². The predicted octanol–water partition coefficient (Wildman–Crippen LogP) is 5.07. The van der Waals surface area contributed by atoms with Crippen molar-refractivity contribution in [2.24, 2.45) is 11.5 Å². The Kier molecular flexibility index (Phi) is 18.0. The summed E-state index contributed by atoms with van der Waals surface area (Å²) in [6.07, 6.45) is -1.98. The number of aromatic carboxylic acids is 1. The molecule has 0 aliphatic carbocycles. The zero-order valence-electron chi connectivity index (χ0n) is 38.4. The van der Waals surface area contributed by atoms with Crippen LogP contribution in [0.4, 0.5) is 22.7 Å². The summed E-state index contributed by atoms with van der Waals surface area (Å²) in [6.45, 7) is 7.05. The Morgan fingerprint density at radius 3 is 1.70 bits per heavy atom. The second-order valence-corrected chi connectivity index (χ2v) is 16.0. The highest BCUT2D eigenvalue weighted by atomic mass is 16.5. The third-order valence-electron chi connectivity index (χ3n) is 9.96. The van der Waals surface area contributed by atoms with Crippen molar-refractivity contribution >= 4 is 58.3 Å². The fourth-order valence-electron chi connectivity index (χ4n) is 6.69. The maximum Gasteiger partial charge on any atom is 0.339 e. The van der Waals surface area contributed by atoms with E-state index in [2.05, 4.69) is 26.6 Å². The van der Waals surface area contributed by atoms with Gasteiger partial charge < -0.3 is 72.3 Å². The number of phenolic OH excluding ortho intramolecular Hbond substituents is 1. The number of benzene rings is 5. The first-order valence-electron chi connectivity index (χ1n) is 21.5. The van der Waals surface area contributed by atoms with E-state index in [0.717, 1.165) is 18.7 Å². The summed E-state index contributed by atoms with van der Waals surface area (Å²) in [5, 5.41) is 44.7. The highest BCUT2D eigenvalue weighted by Crippen LogP contribution is 2.41. The van der Waals surface area contributed by atoms with Crippen LogP contribution in [0, 0.1) is 0 Å². The summed E-state index contributed by atoms with van der Waals surface area (Å²) in [4.78, 5) is 77.9. The number of carboxylic acids is 1. The second-order valence-electron chi connectivity index (χ2n) is 16.0. The summed E-state index contributed by atoms with van der Waals surface area (Å²) in [7, 11) is 1.15. The van der Waals surface area contributed by atoms with Gasteiger partial charge in [-0.1, -0.05) is 30.3 Å². The summed E-state index contributed by atoms with van der Waals surface area (Å²) in [6, 6.07) is 24.7. The van der Waals surface area contributed by atoms with E-state index in [0.29, 0.717) is 18.7 Å². The molecule has 69 heavy (non-hydrogen) atoms. The minimum atomic E-state index is -1.59. The monoisotopic (exact) mass is 949 g/mol. The first-order chi connectivity index (χ1) is 32.9. The van der Waals surface area contributed by atoms with E-state index in [1.165, 1.54) is 54.6 Å². The van der Waals surface area contributed by atoms with Crippen LogP contribution in [-0.2, 0) is 25.5 Å². The van der Waals surface area contributed by atoms with E-state index >= 15 is 0 Å². The number of primary amides is 1. The number of phenols is 2. The molecule has 0 fully saturated rings. The number of carbonyl (C=O) groups is 6. The average Bonchev–Trinajstić information content (AvgIpc) is 3.30. The van der Waals surface area contributed by atoms with Crippen molar-refractivity contribution in [3.63, 3.8) is 0 Å². The minimum Gasteiger partial charge on any atom is -0.504 e. The number of hydrogen-bond acceptors (Lipinski definition) is 14. The molecule has 1 unspecified atom stereocenters.